The average molecular weight is 552 g/mol. The zero-order valence-corrected chi connectivity index (χ0v) is 21.9. The van der Waals surface area contributed by atoms with Gasteiger partial charge in [0, 0.05) is 57.8 Å². The van der Waals surface area contributed by atoms with Crippen molar-refractivity contribution in [1.82, 2.24) is 9.88 Å². The van der Waals surface area contributed by atoms with Crippen molar-refractivity contribution in [3.8, 4) is 0 Å². The van der Waals surface area contributed by atoms with Crippen molar-refractivity contribution in [2.75, 3.05) is 67.7 Å². The van der Waals surface area contributed by atoms with Crippen LogP contribution in [0.25, 0.3) is 0 Å². The molecule has 0 bridgehead atoms. The van der Waals surface area contributed by atoms with Crippen LogP contribution in [0.2, 0.25) is 5.02 Å². The summed E-state index contributed by atoms with van der Waals surface area (Å²) in [6, 6.07) is 6.08. The van der Waals surface area contributed by atoms with Crippen LogP contribution in [-0.2, 0) is 20.5 Å². The normalized spacial score (nSPS) is 22.8. The minimum atomic E-state index is -4.61. The number of pyridine rings is 1. The fourth-order valence-corrected chi connectivity index (χ4v) is 5.84. The molecule has 0 N–H and O–H groups in total. The average Bonchev–Trinajstić information content (AvgIpc) is 3.20. The fraction of sp³-hybridized carbons (Fsp3) is 0.500. The number of morpholine rings is 1. The van der Waals surface area contributed by atoms with Crippen molar-refractivity contribution in [2.45, 2.75) is 25.6 Å². The Morgan fingerprint density at radius 2 is 1.87 bits per heavy atom. The molecular weight excluding hydrogens is 523 g/mol. The van der Waals surface area contributed by atoms with Crippen molar-refractivity contribution in [3.05, 3.63) is 46.6 Å². The fourth-order valence-electron chi connectivity index (χ4n) is 5.55. The molecule has 0 aliphatic carbocycles. The third-order valence-corrected chi connectivity index (χ3v) is 7.72. The van der Waals surface area contributed by atoms with E-state index in [-0.39, 0.29) is 17.9 Å². The van der Waals surface area contributed by atoms with E-state index >= 15 is 0 Å². The van der Waals surface area contributed by atoms with Gasteiger partial charge in [-0.05, 0) is 31.2 Å². The summed E-state index contributed by atoms with van der Waals surface area (Å²) in [4.78, 5) is 38.4. The van der Waals surface area contributed by atoms with Crippen molar-refractivity contribution in [3.63, 3.8) is 0 Å². The number of benzene rings is 1. The zero-order valence-electron chi connectivity index (χ0n) is 21.2. The highest BCUT2D eigenvalue weighted by Gasteiger charge is 2.49. The number of para-hydroxylation sites is 1. The lowest BCUT2D eigenvalue weighted by Gasteiger charge is -2.40. The molecule has 204 valence electrons. The number of carbonyl (C=O) groups is 2. The van der Waals surface area contributed by atoms with Gasteiger partial charge < -0.3 is 14.5 Å². The molecule has 1 aromatic heterocycles. The van der Waals surface area contributed by atoms with E-state index in [2.05, 4.69) is 14.8 Å². The Bertz CT molecular complexity index is 1240. The number of hydrogen-bond donors (Lipinski definition) is 0. The monoisotopic (exact) mass is 551 g/mol. The highest BCUT2D eigenvalue weighted by atomic mass is 35.5. The Morgan fingerprint density at radius 1 is 1.13 bits per heavy atom. The highest BCUT2D eigenvalue weighted by molar-refractivity contribution is 6.34. The molecule has 2 saturated heterocycles. The topological polar surface area (TPSA) is 69.2 Å². The van der Waals surface area contributed by atoms with Gasteiger partial charge in [0.15, 0.2) is 0 Å². The summed E-state index contributed by atoms with van der Waals surface area (Å²) < 4.78 is 46.2. The number of alkyl halides is 3. The number of carbonyl (C=O) groups excluding carboxylic acids is 2. The van der Waals surface area contributed by atoms with Gasteiger partial charge in [-0.15, -0.1) is 0 Å². The van der Waals surface area contributed by atoms with E-state index in [9.17, 15) is 22.8 Å². The number of likely N-dealkylation sites (N-methyl/N-ethyl adjacent to an activating group) is 1. The summed E-state index contributed by atoms with van der Waals surface area (Å²) in [5, 5.41) is 0.485. The molecule has 3 aliphatic rings. The molecule has 8 nitrogen and oxygen atoms in total. The molecule has 2 aromatic rings. The van der Waals surface area contributed by atoms with Gasteiger partial charge in [-0.1, -0.05) is 17.7 Å². The van der Waals surface area contributed by atoms with Crippen LogP contribution in [0.5, 0.6) is 0 Å². The molecule has 38 heavy (non-hydrogen) atoms. The quantitative estimate of drug-likeness (QED) is 0.578. The van der Waals surface area contributed by atoms with Gasteiger partial charge in [0.05, 0.1) is 35.2 Å². The minimum Gasteiger partial charge on any atom is -0.379 e. The number of hydrogen-bond acceptors (Lipinski definition) is 6. The van der Waals surface area contributed by atoms with Crippen molar-refractivity contribution in [2.24, 2.45) is 5.92 Å². The van der Waals surface area contributed by atoms with Gasteiger partial charge in [-0.25, -0.2) is 4.98 Å². The zero-order chi connectivity index (χ0) is 27.2. The SMILES string of the molecule is Cc1cc(C(F)(F)F)cc(N2C(=O)C[C@@H]3CN(CCN4CCOCC4)c4c(Cl)cccc4N(C)C(=O)[C@H]32)n1. The second-order valence-corrected chi connectivity index (χ2v) is 10.3. The predicted octanol–water partition coefficient (Wildman–Crippen LogP) is 3.60. The lowest BCUT2D eigenvalue weighted by molar-refractivity contribution is -0.137. The van der Waals surface area contributed by atoms with Crippen molar-refractivity contribution in [1.29, 1.82) is 0 Å². The molecular formula is C26H29ClF3N5O3. The van der Waals surface area contributed by atoms with E-state index in [0.29, 0.717) is 42.7 Å². The Labute approximate surface area is 223 Å². The number of aromatic nitrogens is 1. The summed E-state index contributed by atoms with van der Waals surface area (Å²) in [6.07, 6.45) is -4.60. The molecule has 2 fully saturated rings. The maximum atomic E-state index is 13.9. The van der Waals surface area contributed by atoms with Gasteiger partial charge in [0.1, 0.15) is 11.9 Å². The van der Waals surface area contributed by atoms with Crippen LogP contribution in [-0.4, -0.2) is 80.7 Å². The number of fused-ring (bicyclic) bond motifs is 2. The maximum Gasteiger partial charge on any atom is 0.416 e. The first kappa shape index (κ1) is 26.7. The van der Waals surface area contributed by atoms with Crippen LogP contribution < -0.4 is 14.7 Å². The highest BCUT2D eigenvalue weighted by Crippen LogP contribution is 2.42. The van der Waals surface area contributed by atoms with E-state index in [0.717, 1.165) is 36.7 Å². The molecule has 0 saturated carbocycles. The molecule has 4 heterocycles. The van der Waals surface area contributed by atoms with Crippen LogP contribution in [0.3, 0.4) is 0 Å². The summed E-state index contributed by atoms with van der Waals surface area (Å²) >= 11 is 6.66. The van der Waals surface area contributed by atoms with E-state index < -0.39 is 35.5 Å². The number of nitrogens with zero attached hydrogens (tertiary/aromatic N) is 5. The Balaban J connectivity index is 1.53. The molecule has 3 aliphatic heterocycles. The van der Waals surface area contributed by atoms with E-state index in [4.69, 9.17) is 16.3 Å². The molecule has 2 atom stereocenters. The number of rotatable bonds is 4. The smallest absolute Gasteiger partial charge is 0.379 e. The molecule has 1 aromatic carbocycles. The first-order chi connectivity index (χ1) is 18.0. The molecule has 5 rings (SSSR count). The molecule has 2 amide bonds. The Kier molecular flexibility index (Phi) is 7.27. The van der Waals surface area contributed by atoms with Gasteiger partial charge >= 0.3 is 6.18 Å². The van der Waals surface area contributed by atoms with E-state index in [1.54, 1.807) is 25.2 Å². The van der Waals surface area contributed by atoms with E-state index in [1.165, 1.54) is 11.8 Å². The summed E-state index contributed by atoms with van der Waals surface area (Å²) in [5.41, 5.74) is 0.486. The first-order valence-corrected chi connectivity index (χ1v) is 12.9. The second kappa shape index (κ2) is 10.3. The van der Waals surface area contributed by atoms with Crippen molar-refractivity contribution < 1.29 is 27.5 Å². The van der Waals surface area contributed by atoms with Crippen LogP contribution >= 0.6 is 11.6 Å². The summed E-state index contributed by atoms with van der Waals surface area (Å²) in [5.74, 6) is -1.46. The molecule has 0 spiro atoms. The summed E-state index contributed by atoms with van der Waals surface area (Å²) in [7, 11) is 1.60. The number of aryl methyl sites for hydroxylation is 1. The Hall–Kier alpha value is -2.89. The third kappa shape index (κ3) is 5.06. The lowest BCUT2D eigenvalue weighted by atomic mass is 9.95. The first-order valence-electron chi connectivity index (χ1n) is 12.5. The largest absolute Gasteiger partial charge is 0.416 e. The van der Waals surface area contributed by atoms with Gasteiger partial charge in [0.25, 0.3) is 0 Å². The van der Waals surface area contributed by atoms with Crippen LogP contribution in [0.4, 0.5) is 30.4 Å². The second-order valence-electron chi connectivity index (χ2n) is 9.93. The lowest BCUT2D eigenvalue weighted by Crippen LogP contribution is -2.53. The summed E-state index contributed by atoms with van der Waals surface area (Å²) in [6.45, 7) is 6.03. The minimum absolute atomic E-state index is 0.00899. The van der Waals surface area contributed by atoms with Crippen LogP contribution in [0, 0.1) is 12.8 Å². The van der Waals surface area contributed by atoms with Gasteiger partial charge in [-0.2, -0.15) is 13.2 Å². The molecule has 0 radical (unpaired) electrons. The Morgan fingerprint density at radius 3 is 2.58 bits per heavy atom. The molecule has 12 heteroatoms. The van der Waals surface area contributed by atoms with Gasteiger partial charge in [-0.3, -0.25) is 19.4 Å². The standard InChI is InChI=1S/C26H29ClF3N5O3/c1-16-12-18(26(28,29)30)14-21(31-16)35-22(36)13-17-15-34(7-6-33-8-10-38-11-9-33)24-19(27)4-3-5-20(24)32(2)25(37)23(17)35/h3-5,12,14,17,23H,6-11,13,15H2,1-2H3/t17-,23+/m1/s1. The maximum absolute atomic E-state index is 13.9. The van der Waals surface area contributed by atoms with Gasteiger partial charge in [0.2, 0.25) is 11.8 Å². The number of halogens is 4. The number of amides is 2. The number of ether oxygens (including phenoxy) is 1. The third-order valence-electron chi connectivity index (χ3n) is 7.42. The van der Waals surface area contributed by atoms with E-state index in [1.807, 2.05) is 0 Å². The predicted molar refractivity (Wildman–Crippen MR) is 138 cm³/mol. The van der Waals surface area contributed by atoms with Crippen LogP contribution in [0.15, 0.2) is 30.3 Å². The number of anilines is 3. The van der Waals surface area contributed by atoms with Crippen molar-refractivity contribution >= 4 is 40.6 Å². The van der Waals surface area contributed by atoms with Crippen LogP contribution in [0.1, 0.15) is 17.7 Å². The molecule has 0 unspecified atom stereocenters.